The second-order valence-corrected chi connectivity index (χ2v) is 4.93. The minimum atomic E-state index is 0.363. The van der Waals surface area contributed by atoms with Gasteiger partial charge in [0.1, 0.15) is 0 Å². The SMILES string of the molecule is CCN1CCCC(CN=C(N)NC(C)C)C1. The van der Waals surface area contributed by atoms with Crippen molar-refractivity contribution in [1.29, 1.82) is 0 Å². The number of piperidine rings is 1. The molecule has 1 heterocycles. The minimum Gasteiger partial charge on any atom is -0.370 e. The van der Waals surface area contributed by atoms with Crippen molar-refractivity contribution in [2.24, 2.45) is 16.6 Å². The molecule has 0 amide bonds. The number of hydrogen-bond acceptors (Lipinski definition) is 2. The molecule has 1 saturated heterocycles. The molecule has 4 heteroatoms. The third kappa shape index (κ3) is 4.84. The first-order valence-corrected chi connectivity index (χ1v) is 6.40. The van der Waals surface area contributed by atoms with Gasteiger partial charge in [-0.25, -0.2) is 0 Å². The first-order valence-electron chi connectivity index (χ1n) is 6.40. The van der Waals surface area contributed by atoms with Gasteiger partial charge >= 0.3 is 0 Å². The highest BCUT2D eigenvalue weighted by Gasteiger charge is 2.18. The molecule has 0 bridgehead atoms. The van der Waals surface area contributed by atoms with Gasteiger partial charge in [-0.05, 0) is 45.7 Å². The van der Waals surface area contributed by atoms with E-state index in [1.54, 1.807) is 0 Å². The molecule has 0 radical (unpaired) electrons. The Labute approximate surface area is 99.3 Å². The monoisotopic (exact) mass is 226 g/mol. The van der Waals surface area contributed by atoms with Crippen molar-refractivity contribution in [1.82, 2.24) is 10.2 Å². The Morgan fingerprint density at radius 3 is 2.94 bits per heavy atom. The summed E-state index contributed by atoms with van der Waals surface area (Å²) in [6.07, 6.45) is 2.58. The fourth-order valence-corrected chi connectivity index (χ4v) is 2.16. The normalized spacial score (nSPS) is 23.8. The number of nitrogens with two attached hydrogens (primary N) is 1. The van der Waals surface area contributed by atoms with E-state index in [0.29, 0.717) is 17.9 Å². The van der Waals surface area contributed by atoms with Crippen LogP contribution in [0.15, 0.2) is 4.99 Å². The Morgan fingerprint density at radius 2 is 2.31 bits per heavy atom. The van der Waals surface area contributed by atoms with E-state index in [0.717, 1.165) is 13.1 Å². The summed E-state index contributed by atoms with van der Waals surface area (Å²) in [4.78, 5) is 6.91. The second-order valence-electron chi connectivity index (χ2n) is 4.93. The molecule has 1 rings (SSSR count). The lowest BCUT2D eigenvalue weighted by atomic mass is 9.98. The van der Waals surface area contributed by atoms with Gasteiger partial charge in [-0.2, -0.15) is 0 Å². The quantitative estimate of drug-likeness (QED) is 0.556. The third-order valence-electron chi connectivity index (χ3n) is 3.01. The standard InChI is InChI=1S/C12H26N4/c1-4-16-7-5-6-11(9-16)8-14-12(13)15-10(2)3/h10-11H,4-9H2,1-3H3,(H3,13,14,15). The first-order chi connectivity index (χ1) is 7.61. The van der Waals surface area contributed by atoms with Gasteiger partial charge < -0.3 is 16.0 Å². The first kappa shape index (κ1) is 13.3. The summed E-state index contributed by atoms with van der Waals surface area (Å²) in [5.41, 5.74) is 5.78. The summed E-state index contributed by atoms with van der Waals surface area (Å²) >= 11 is 0. The third-order valence-corrected chi connectivity index (χ3v) is 3.01. The summed E-state index contributed by atoms with van der Waals surface area (Å²) in [5.74, 6) is 1.27. The molecular formula is C12H26N4. The molecule has 0 aliphatic carbocycles. The number of aliphatic imine (C=N–C) groups is 1. The number of hydrogen-bond donors (Lipinski definition) is 2. The van der Waals surface area contributed by atoms with Crippen molar-refractivity contribution in [3.05, 3.63) is 0 Å². The van der Waals surface area contributed by atoms with Gasteiger partial charge in [0.25, 0.3) is 0 Å². The van der Waals surface area contributed by atoms with Crippen molar-refractivity contribution in [3.63, 3.8) is 0 Å². The van der Waals surface area contributed by atoms with Gasteiger partial charge in [0.15, 0.2) is 5.96 Å². The molecule has 1 atom stereocenters. The van der Waals surface area contributed by atoms with E-state index in [2.05, 4.69) is 36.0 Å². The molecule has 1 unspecified atom stereocenters. The molecule has 0 aromatic heterocycles. The lowest BCUT2D eigenvalue weighted by Gasteiger charge is -2.30. The van der Waals surface area contributed by atoms with Crippen LogP contribution < -0.4 is 11.1 Å². The van der Waals surface area contributed by atoms with Crippen molar-refractivity contribution in [2.75, 3.05) is 26.2 Å². The Hall–Kier alpha value is -0.770. The highest BCUT2D eigenvalue weighted by Crippen LogP contribution is 2.16. The van der Waals surface area contributed by atoms with E-state index in [1.807, 2.05) is 0 Å². The second kappa shape index (κ2) is 6.74. The van der Waals surface area contributed by atoms with Crippen LogP contribution in [0.25, 0.3) is 0 Å². The Bertz CT molecular complexity index is 225. The summed E-state index contributed by atoms with van der Waals surface area (Å²) in [6, 6.07) is 0.363. The number of guanidine groups is 1. The molecule has 0 aromatic carbocycles. The van der Waals surface area contributed by atoms with E-state index < -0.39 is 0 Å². The highest BCUT2D eigenvalue weighted by molar-refractivity contribution is 5.78. The fourth-order valence-electron chi connectivity index (χ4n) is 2.16. The minimum absolute atomic E-state index is 0.363. The van der Waals surface area contributed by atoms with Gasteiger partial charge in [0.05, 0.1) is 0 Å². The summed E-state index contributed by atoms with van der Waals surface area (Å²) in [5, 5.41) is 3.12. The predicted octanol–water partition coefficient (Wildman–Crippen LogP) is 1.03. The lowest BCUT2D eigenvalue weighted by Crippen LogP contribution is -2.39. The molecule has 16 heavy (non-hydrogen) atoms. The summed E-state index contributed by atoms with van der Waals surface area (Å²) in [7, 11) is 0. The average molecular weight is 226 g/mol. The highest BCUT2D eigenvalue weighted by atomic mass is 15.1. The lowest BCUT2D eigenvalue weighted by molar-refractivity contribution is 0.186. The topological polar surface area (TPSA) is 53.6 Å². The van der Waals surface area contributed by atoms with E-state index in [-0.39, 0.29) is 0 Å². The van der Waals surface area contributed by atoms with Gasteiger partial charge in [0, 0.05) is 19.1 Å². The van der Waals surface area contributed by atoms with Crippen LogP contribution in [-0.4, -0.2) is 43.1 Å². The average Bonchev–Trinajstić information content (AvgIpc) is 2.26. The van der Waals surface area contributed by atoms with E-state index in [1.165, 1.54) is 25.9 Å². The Balaban J connectivity index is 2.30. The number of likely N-dealkylation sites (tertiary alicyclic amines) is 1. The maximum absolute atomic E-state index is 5.78. The smallest absolute Gasteiger partial charge is 0.188 e. The Morgan fingerprint density at radius 1 is 1.56 bits per heavy atom. The van der Waals surface area contributed by atoms with Crippen LogP contribution in [0.4, 0.5) is 0 Å². The van der Waals surface area contributed by atoms with Gasteiger partial charge in [0.2, 0.25) is 0 Å². The van der Waals surface area contributed by atoms with Crippen LogP contribution in [0.2, 0.25) is 0 Å². The number of rotatable bonds is 4. The van der Waals surface area contributed by atoms with Crippen LogP contribution in [-0.2, 0) is 0 Å². The summed E-state index contributed by atoms with van der Waals surface area (Å²) < 4.78 is 0. The van der Waals surface area contributed by atoms with Crippen molar-refractivity contribution in [3.8, 4) is 0 Å². The fraction of sp³-hybridized carbons (Fsp3) is 0.917. The molecule has 1 fully saturated rings. The zero-order valence-corrected chi connectivity index (χ0v) is 10.9. The number of nitrogens with zero attached hydrogens (tertiary/aromatic N) is 2. The molecule has 0 saturated carbocycles. The van der Waals surface area contributed by atoms with E-state index in [4.69, 9.17) is 5.73 Å². The largest absolute Gasteiger partial charge is 0.370 e. The van der Waals surface area contributed by atoms with Crippen LogP contribution in [0.5, 0.6) is 0 Å². The van der Waals surface area contributed by atoms with Crippen LogP contribution >= 0.6 is 0 Å². The van der Waals surface area contributed by atoms with E-state index in [9.17, 15) is 0 Å². The molecular weight excluding hydrogens is 200 g/mol. The van der Waals surface area contributed by atoms with Gasteiger partial charge in [-0.15, -0.1) is 0 Å². The zero-order chi connectivity index (χ0) is 12.0. The van der Waals surface area contributed by atoms with Crippen molar-refractivity contribution in [2.45, 2.75) is 39.7 Å². The molecule has 0 spiro atoms. The maximum Gasteiger partial charge on any atom is 0.188 e. The van der Waals surface area contributed by atoms with Crippen LogP contribution in [0.1, 0.15) is 33.6 Å². The predicted molar refractivity (Wildman–Crippen MR) is 69.6 cm³/mol. The van der Waals surface area contributed by atoms with Gasteiger partial charge in [-0.1, -0.05) is 6.92 Å². The molecule has 0 aromatic rings. The molecule has 4 nitrogen and oxygen atoms in total. The van der Waals surface area contributed by atoms with Crippen LogP contribution in [0, 0.1) is 5.92 Å². The van der Waals surface area contributed by atoms with E-state index >= 15 is 0 Å². The number of nitrogens with one attached hydrogen (secondary N) is 1. The maximum atomic E-state index is 5.78. The molecule has 1 aliphatic heterocycles. The molecule has 94 valence electrons. The van der Waals surface area contributed by atoms with Crippen molar-refractivity contribution >= 4 is 5.96 Å². The molecule has 3 N–H and O–H groups in total. The zero-order valence-electron chi connectivity index (χ0n) is 10.9. The van der Waals surface area contributed by atoms with Crippen LogP contribution in [0.3, 0.4) is 0 Å². The summed E-state index contributed by atoms with van der Waals surface area (Å²) in [6.45, 7) is 10.8. The molecule has 1 aliphatic rings. The van der Waals surface area contributed by atoms with Gasteiger partial charge in [-0.3, -0.25) is 4.99 Å². The van der Waals surface area contributed by atoms with Crippen molar-refractivity contribution < 1.29 is 0 Å². The Kier molecular flexibility index (Phi) is 5.60.